The van der Waals surface area contributed by atoms with Crippen LogP contribution in [0.2, 0.25) is 5.02 Å². The molecule has 1 saturated carbocycles. The van der Waals surface area contributed by atoms with E-state index in [2.05, 4.69) is 24.1 Å². The van der Waals surface area contributed by atoms with Crippen molar-refractivity contribution in [3.05, 3.63) is 29.3 Å². The molecule has 162 valence electrons. The van der Waals surface area contributed by atoms with Gasteiger partial charge in [0.15, 0.2) is 14.6 Å². The number of sulfone groups is 1. The SMILES string of the molecule is CC(C)C(CNC(=O)C1(S(=O)(=O)c2ccc(Cl)cc2)CCCC1)N1CCOCC1. The number of morpholine rings is 1. The fourth-order valence-corrected chi connectivity index (χ4v) is 6.67. The Morgan fingerprint density at radius 2 is 1.76 bits per heavy atom. The summed E-state index contributed by atoms with van der Waals surface area (Å²) >= 11 is 5.92. The van der Waals surface area contributed by atoms with Crippen LogP contribution in [-0.2, 0) is 19.4 Å². The van der Waals surface area contributed by atoms with Gasteiger partial charge >= 0.3 is 0 Å². The summed E-state index contributed by atoms with van der Waals surface area (Å²) in [5.41, 5.74) is 0. The highest BCUT2D eigenvalue weighted by atomic mass is 35.5. The molecule has 1 aliphatic carbocycles. The van der Waals surface area contributed by atoms with Crippen molar-refractivity contribution in [3.63, 3.8) is 0 Å². The minimum Gasteiger partial charge on any atom is -0.379 e. The van der Waals surface area contributed by atoms with Gasteiger partial charge in [-0.3, -0.25) is 9.69 Å². The maximum absolute atomic E-state index is 13.5. The van der Waals surface area contributed by atoms with Crippen LogP contribution >= 0.6 is 11.6 Å². The first-order chi connectivity index (χ1) is 13.8. The van der Waals surface area contributed by atoms with E-state index in [1.54, 1.807) is 12.1 Å². The molecule has 0 aromatic heterocycles. The molecule has 2 aliphatic rings. The predicted octanol–water partition coefficient (Wildman–Crippen LogP) is 2.90. The highest BCUT2D eigenvalue weighted by Gasteiger charge is 2.53. The number of nitrogens with zero attached hydrogens (tertiary/aromatic N) is 1. The van der Waals surface area contributed by atoms with E-state index >= 15 is 0 Å². The normalized spacial score (nSPS) is 21.2. The summed E-state index contributed by atoms with van der Waals surface area (Å²) < 4.78 is 31.0. The van der Waals surface area contributed by atoms with Crippen LogP contribution < -0.4 is 5.32 Å². The molecule has 1 saturated heterocycles. The van der Waals surface area contributed by atoms with Crippen molar-refractivity contribution in [1.82, 2.24) is 10.2 Å². The van der Waals surface area contributed by atoms with Gasteiger partial charge in [-0.05, 0) is 43.0 Å². The number of amides is 1. The van der Waals surface area contributed by atoms with Gasteiger partial charge < -0.3 is 10.1 Å². The number of hydrogen-bond donors (Lipinski definition) is 1. The van der Waals surface area contributed by atoms with Crippen molar-refractivity contribution in [2.24, 2.45) is 5.92 Å². The number of halogens is 1. The predicted molar refractivity (Wildman–Crippen MR) is 114 cm³/mol. The highest BCUT2D eigenvalue weighted by Crippen LogP contribution is 2.41. The van der Waals surface area contributed by atoms with Gasteiger partial charge in [0, 0.05) is 30.7 Å². The summed E-state index contributed by atoms with van der Waals surface area (Å²) in [5, 5.41) is 3.48. The first-order valence-corrected chi connectivity index (χ1v) is 12.2. The van der Waals surface area contributed by atoms with Crippen LogP contribution in [0.5, 0.6) is 0 Å². The summed E-state index contributed by atoms with van der Waals surface area (Å²) in [5.74, 6) is -0.0374. The zero-order valence-corrected chi connectivity index (χ0v) is 18.8. The molecule has 2 fully saturated rings. The Balaban J connectivity index is 1.79. The number of ether oxygens (including phenoxy) is 1. The van der Waals surface area contributed by atoms with Crippen LogP contribution in [0.15, 0.2) is 29.2 Å². The molecule has 0 radical (unpaired) electrons. The van der Waals surface area contributed by atoms with E-state index in [9.17, 15) is 13.2 Å². The molecule has 3 rings (SSSR count). The minimum absolute atomic E-state index is 0.152. The van der Waals surface area contributed by atoms with Crippen LogP contribution in [-0.4, -0.2) is 62.9 Å². The number of hydrogen-bond acceptors (Lipinski definition) is 5. The smallest absolute Gasteiger partial charge is 0.241 e. The maximum atomic E-state index is 13.5. The van der Waals surface area contributed by atoms with E-state index in [-0.39, 0.29) is 16.8 Å². The number of benzene rings is 1. The first-order valence-electron chi connectivity index (χ1n) is 10.4. The summed E-state index contributed by atoms with van der Waals surface area (Å²) in [7, 11) is -3.81. The molecule has 0 bridgehead atoms. The Bertz CT molecular complexity index is 798. The van der Waals surface area contributed by atoms with Crippen molar-refractivity contribution in [3.8, 4) is 0 Å². The number of carbonyl (C=O) groups is 1. The number of rotatable bonds is 7. The Labute approximate surface area is 178 Å². The van der Waals surface area contributed by atoms with Crippen LogP contribution in [0.1, 0.15) is 39.5 Å². The highest BCUT2D eigenvalue weighted by molar-refractivity contribution is 7.93. The third-order valence-corrected chi connectivity index (χ3v) is 8.99. The zero-order chi connectivity index (χ0) is 21.1. The van der Waals surface area contributed by atoms with Crippen LogP contribution in [0, 0.1) is 5.92 Å². The summed E-state index contributed by atoms with van der Waals surface area (Å²) in [6, 6.07) is 6.26. The van der Waals surface area contributed by atoms with E-state index in [1.807, 2.05) is 0 Å². The van der Waals surface area contributed by atoms with Crippen LogP contribution in [0.25, 0.3) is 0 Å². The van der Waals surface area contributed by atoms with Gasteiger partial charge in [-0.2, -0.15) is 0 Å². The molecule has 1 heterocycles. The van der Waals surface area contributed by atoms with Crippen molar-refractivity contribution >= 4 is 27.3 Å². The Morgan fingerprint density at radius 3 is 2.31 bits per heavy atom. The second-order valence-corrected chi connectivity index (χ2v) is 11.0. The van der Waals surface area contributed by atoms with Crippen molar-refractivity contribution in [2.45, 2.75) is 55.2 Å². The molecule has 1 atom stereocenters. The standard InChI is InChI=1S/C21H31ClN2O4S/c1-16(2)19(24-11-13-28-14-12-24)15-23-20(25)21(9-3-4-10-21)29(26,27)18-7-5-17(22)6-8-18/h5-8,16,19H,3-4,9-15H2,1-2H3,(H,23,25). The van der Waals surface area contributed by atoms with Gasteiger partial charge in [-0.15, -0.1) is 0 Å². The topological polar surface area (TPSA) is 75.7 Å². The summed E-state index contributed by atoms with van der Waals surface area (Å²) in [6.07, 6.45) is 2.18. The number of carbonyl (C=O) groups excluding carboxylic acids is 1. The van der Waals surface area contributed by atoms with Crippen LogP contribution in [0.4, 0.5) is 0 Å². The van der Waals surface area contributed by atoms with Gasteiger partial charge in [-0.1, -0.05) is 38.3 Å². The molecule has 1 unspecified atom stereocenters. The maximum Gasteiger partial charge on any atom is 0.241 e. The van der Waals surface area contributed by atoms with Gasteiger partial charge in [0.2, 0.25) is 5.91 Å². The fraction of sp³-hybridized carbons (Fsp3) is 0.667. The lowest BCUT2D eigenvalue weighted by Gasteiger charge is -2.37. The summed E-state index contributed by atoms with van der Waals surface area (Å²) in [6.45, 7) is 7.72. The third-order valence-electron chi connectivity index (χ3n) is 6.22. The van der Waals surface area contributed by atoms with E-state index in [1.165, 1.54) is 12.1 Å². The van der Waals surface area contributed by atoms with Gasteiger partial charge in [0.25, 0.3) is 0 Å². The van der Waals surface area contributed by atoms with Crippen molar-refractivity contribution in [1.29, 1.82) is 0 Å². The van der Waals surface area contributed by atoms with E-state index < -0.39 is 14.6 Å². The molecule has 1 aromatic rings. The second kappa shape index (κ2) is 9.33. The lowest BCUT2D eigenvalue weighted by molar-refractivity contribution is -0.124. The van der Waals surface area contributed by atoms with E-state index in [0.717, 1.165) is 25.9 Å². The lowest BCUT2D eigenvalue weighted by atomic mass is 10.0. The Kier molecular flexibility index (Phi) is 7.25. The van der Waals surface area contributed by atoms with Gasteiger partial charge in [0.1, 0.15) is 0 Å². The Hall–Kier alpha value is -1.15. The third kappa shape index (κ3) is 4.63. The monoisotopic (exact) mass is 442 g/mol. The lowest BCUT2D eigenvalue weighted by Crippen LogP contribution is -2.56. The van der Waals surface area contributed by atoms with Crippen molar-refractivity contribution < 1.29 is 17.9 Å². The molecular formula is C21H31ClN2O4S. The molecule has 1 amide bonds. The molecular weight excluding hydrogens is 412 g/mol. The average Bonchev–Trinajstić information content (AvgIpc) is 3.21. The zero-order valence-electron chi connectivity index (χ0n) is 17.2. The molecule has 6 nitrogen and oxygen atoms in total. The molecule has 29 heavy (non-hydrogen) atoms. The molecule has 1 aliphatic heterocycles. The average molecular weight is 443 g/mol. The Morgan fingerprint density at radius 1 is 1.17 bits per heavy atom. The molecule has 0 spiro atoms. The second-order valence-electron chi connectivity index (χ2n) is 8.33. The minimum atomic E-state index is -3.81. The van der Waals surface area contributed by atoms with Gasteiger partial charge in [0.05, 0.1) is 18.1 Å². The molecule has 1 aromatic carbocycles. The molecule has 8 heteroatoms. The van der Waals surface area contributed by atoms with Crippen molar-refractivity contribution in [2.75, 3.05) is 32.8 Å². The first kappa shape index (κ1) is 22.5. The quantitative estimate of drug-likeness (QED) is 0.702. The van der Waals surface area contributed by atoms with E-state index in [0.29, 0.717) is 43.5 Å². The molecule has 1 N–H and O–H groups in total. The summed E-state index contributed by atoms with van der Waals surface area (Å²) in [4.78, 5) is 15.8. The van der Waals surface area contributed by atoms with Gasteiger partial charge in [-0.25, -0.2) is 8.42 Å². The van der Waals surface area contributed by atoms with Crippen LogP contribution in [0.3, 0.4) is 0 Å². The largest absolute Gasteiger partial charge is 0.379 e. The number of nitrogens with one attached hydrogen (secondary N) is 1. The van der Waals surface area contributed by atoms with E-state index in [4.69, 9.17) is 16.3 Å². The fourth-order valence-electron chi connectivity index (χ4n) is 4.46.